The maximum absolute atomic E-state index is 13.1. The summed E-state index contributed by atoms with van der Waals surface area (Å²) in [7, 11) is -4.17. The summed E-state index contributed by atoms with van der Waals surface area (Å²) >= 11 is 0. The van der Waals surface area contributed by atoms with Gasteiger partial charge in [0.15, 0.2) is 17.5 Å². The molecule has 2 aromatic rings. The highest BCUT2D eigenvalue weighted by Crippen LogP contribution is 2.23. The van der Waals surface area contributed by atoms with Crippen molar-refractivity contribution in [2.24, 2.45) is 5.73 Å². The van der Waals surface area contributed by atoms with Crippen molar-refractivity contribution in [1.29, 1.82) is 0 Å². The monoisotopic (exact) mass is 320 g/mol. The lowest BCUT2D eigenvalue weighted by Crippen LogP contribution is -2.17. The van der Waals surface area contributed by atoms with Crippen LogP contribution in [0, 0.1) is 24.4 Å². The van der Waals surface area contributed by atoms with Crippen molar-refractivity contribution in [3.63, 3.8) is 0 Å². The lowest BCUT2D eigenvalue weighted by Gasteiger charge is -2.09. The third kappa shape index (κ3) is 2.85. The van der Waals surface area contributed by atoms with E-state index in [1.807, 2.05) is 4.72 Å². The number of anilines is 1. The maximum Gasteiger partial charge on any atom is 0.265 e. The quantitative estimate of drug-likeness (QED) is 0.741. The molecule has 1 aromatic carbocycles. The van der Waals surface area contributed by atoms with Gasteiger partial charge in [-0.05, 0) is 6.92 Å². The van der Waals surface area contributed by atoms with Crippen LogP contribution in [-0.4, -0.2) is 18.6 Å². The fourth-order valence-electron chi connectivity index (χ4n) is 1.78. The third-order valence-corrected chi connectivity index (χ3v) is 4.24. The fraction of sp³-hybridized carbons (Fsp3) is 0.182. The average Bonchev–Trinajstić information content (AvgIpc) is 2.77. The van der Waals surface area contributed by atoms with Crippen molar-refractivity contribution in [2.75, 3.05) is 4.72 Å². The Morgan fingerprint density at radius 3 is 2.38 bits per heavy atom. The van der Waals surface area contributed by atoms with Gasteiger partial charge in [-0.25, -0.2) is 21.6 Å². The number of rotatable bonds is 4. The third-order valence-electron chi connectivity index (χ3n) is 2.66. The molecular formula is C11H11F3N4O2S. The molecular weight excluding hydrogens is 309 g/mol. The van der Waals surface area contributed by atoms with Gasteiger partial charge in [-0.3, -0.25) is 9.82 Å². The van der Waals surface area contributed by atoms with Crippen molar-refractivity contribution in [2.45, 2.75) is 18.4 Å². The van der Waals surface area contributed by atoms with Crippen LogP contribution < -0.4 is 10.5 Å². The average molecular weight is 320 g/mol. The second-order valence-corrected chi connectivity index (χ2v) is 5.81. The Morgan fingerprint density at radius 1 is 1.29 bits per heavy atom. The molecule has 0 saturated heterocycles. The van der Waals surface area contributed by atoms with E-state index in [9.17, 15) is 21.6 Å². The highest BCUT2D eigenvalue weighted by Gasteiger charge is 2.24. The van der Waals surface area contributed by atoms with E-state index in [2.05, 4.69) is 10.2 Å². The van der Waals surface area contributed by atoms with Crippen LogP contribution in [0.1, 0.15) is 11.4 Å². The molecule has 114 valence electrons. The SMILES string of the molecule is Cc1[nH]nc(CN)c1S(=O)(=O)Nc1cc(F)c(F)c(F)c1. The van der Waals surface area contributed by atoms with Gasteiger partial charge in [0.1, 0.15) is 4.90 Å². The Morgan fingerprint density at radius 2 is 1.86 bits per heavy atom. The number of benzene rings is 1. The summed E-state index contributed by atoms with van der Waals surface area (Å²) in [4.78, 5) is -0.213. The Kier molecular flexibility index (Phi) is 3.92. The number of halogens is 3. The van der Waals surface area contributed by atoms with Gasteiger partial charge in [-0.15, -0.1) is 0 Å². The van der Waals surface area contributed by atoms with Gasteiger partial charge in [0.2, 0.25) is 0 Å². The van der Waals surface area contributed by atoms with E-state index < -0.39 is 33.2 Å². The molecule has 0 aliphatic rings. The van der Waals surface area contributed by atoms with E-state index >= 15 is 0 Å². The van der Waals surface area contributed by atoms with E-state index in [1.54, 1.807) is 0 Å². The molecule has 1 aromatic heterocycles. The lowest BCUT2D eigenvalue weighted by atomic mass is 10.3. The largest absolute Gasteiger partial charge is 0.325 e. The zero-order valence-corrected chi connectivity index (χ0v) is 11.6. The van der Waals surface area contributed by atoms with Crippen molar-refractivity contribution >= 4 is 15.7 Å². The lowest BCUT2D eigenvalue weighted by molar-refractivity contribution is 0.448. The number of aromatic nitrogens is 2. The molecule has 0 aliphatic carbocycles. The highest BCUT2D eigenvalue weighted by molar-refractivity contribution is 7.92. The smallest absolute Gasteiger partial charge is 0.265 e. The molecule has 0 atom stereocenters. The molecule has 0 bridgehead atoms. The van der Waals surface area contributed by atoms with Crippen molar-refractivity contribution in [3.05, 3.63) is 41.0 Å². The predicted octanol–water partition coefficient (Wildman–Crippen LogP) is 1.39. The molecule has 2 rings (SSSR count). The van der Waals surface area contributed by atoms with Gasteiger partial charge in [0, 0.05) is 18.7 Å². The van der Waals surface area contributed by atoms with Crippen molar-refractivity contribution in [3.8, 4) is 0 Å². The summed E-state index contributed by atoms with van der Waals surface area (Å²) in [5.41, 5.74) is 5.21. The molecule has 0 aliphatic heterocycles. The van der Waals surface area contributed by atoms with Crippen LogP contribution in [0.5, 0.6) is 0 Å². The van der Waals surface area contributed by atoms with Crippen molar-refractivity contribution < 1.29 is 21.6 Å². The number of H-pyrrole nitrogens is 1. The molecule has 6 nitrogen and oxygen atoms in total. The first-order valence-corrected chi connectivity index (χ1v) is 7.16. The van der Waals surface area contributed by atoms with Crippen LogP contribution in [0.15, 0.2) is 17.0 Å². The first kappa shape index (κ1) is 15.3. The van der Waals surface area contributed by atoms with E-state index in [0.29, 0.717) is 12.1 Å². The summed E-state index contributed by atoms with van der Waals surface area (Å²) in [6.07, 6.45) is 0. The minimum Gasteiger partial charge on any atom is -0.325 e. The van der Waals surface area contributed by atoms with Gasteiger partial charge >= 0.3 is 0 Å². The number of hydrogen-bond acceptors (Lipinski definition) is 4. The molecule has 0 radical (unpaired) electrons. The maximum atomic E-state index is 13.1. The van der Waals surface area contributed by atoms with Crippen molar-refractivity contribution in [1.82, 2.24) is 10.2 Å². The van der Waals surface area contributed by atoms with Gasteiger partial charge in [0.05, 0.1) is 17.1 Å². The molecule has 0 unspecified atom stereocenters. The van der Waals surface area contributed by atoms with E-state index in [0.717, 1.165) is 0 Å². The topological polar surface area (TPSA) is 101 Å². The fourth-order valence-corrected chi connectivity index (χ4v) is 3.20. The number of aromatic amines is 1. The summed E-state index contributed by atoms with van der Waals surface area (Å²) in [6, 6.07) is 1.07. The minimum absolute atomic E-state index is 0.0723. The highest BCUT2D eigenvalue weighted by atomic mass is 32.2. The molecule has 21 heavy (non-hydrogen) atoms. The summed E-state index contributed by atoms with van der Waals surface area (Å²) in [5.74, 6) is -4.69. The molecule has 4 N–H and O–H groups in total. The van der Waals surface area contributed by atoms with Crippen LogP contribution >= 0.6 is 0 Å². The summed E-state index contributed by atoms with van der Waals surface area (Å²) in [6.45, 7) is 1.30. The first-order valence-electron chi connectivity index (χ1n) is 5.67. The Labute approximate surface area is 118 Å². The zero-order valence-electron chi connectivity index (χ0n) is 10.7. The van der Waals surface area contributed by atoms with Gasteiger partial charge in [-0.2, -0.15) is 5.10 Å². The van der Waals surface area contributed by atoms with Gasteiger partial charge in [0.25, 0.3) is 10.0 Å². The second-order valence-electron chi connectivity index (χ2n) is 4.19. The van der Waals surface area contributed by atoms with Crippen LogP contribution in [0.2, 0.25) is 0 Å². The normalized spacial score (nSPS) is 11.7. The number of hydrogen-bond donors (Lipinski definition) is 3. The predicted molar refractivity (Wildman–Crippen MR) is 68.3 cm³/mol. The van der Waals surface area contributed by atoms with Crippen LogP contribution in [0.25, 0.3) is 0 Å². The molecule has 0 saturated carbocycles. The van der Waals surface area contributed by atoms with Gasteiger partial charge < -0.3 is 5.73 Å². The number of nitrogens with two attached hydrogens (primary N) is 1. The first-order chi connectivity index (χ1) is 9.76. The Bertz CT molecular complexity index is 766. The number of nitrogens with one attached hydrogen (secondary N) is 2. The number of aryl methyl sites for hydroxylation is 1. The van der Waals surface area contributed by atoms with E-state index in [1.165, 1.54) is 6.92 Å². The molecule has 0 amide bonds. The van der Waals surface area contributed by atoms with Crippen LogP contribution in [-0.2, 0) is 16.6 Å². The summed E-state index contributed by atoms with van der Waals surface area (Å²) < 4.78 is 65.4. The number of sulfonamides is 1. The minimum atomic E-state index is -4.17. The van der Waals surface area contributed by atoms with Crippen LogP contribution in [0.3, 0.4) is 0 Å². The summed E-state index contributed by atoms with van der Waals surface area (Å²) in [5, 5.41) is 6.17. The molecule has 10 heteroatoms. The zero-order chi connectivity index (χ0) is 15.8. The van der Waals surface area contributed by atoms with E-state index in [4.69, 9.17) is 5.73 Å². The molecule has 1 heterocycles. The standard InChI is InChI=1S/C11H11F3N4O2S/c1-5-11(9(4-15)17-16-5)21(19,20)18-6-2-7(12)10(14)8(13)3-6/h2-3,18H,4,15H2,1H3,(H,16,17). The number of nitrogens with zero attached hydrogens (tertiary/aromatic N) is 1. The van der Waals surface area contributed by atoms with E-state index in [-0.39, 0.29) is 22.8 Å². The second kappa shape index (κ2) is 5.37. The Balaban J connectivity index is 2.45. The molecule has 0 fully saturated rings. The molecule has 0 spiro atoms. The van der Waals surface area contributed by atoms with Crippen LogP contribution in [0.4, 0.5) is 18.9 Å². The van der Waals surface area contributed by atoms with Gasteiger partial charge in [-0.1, -0.05) is 0 Å². The Hall–Kier alpha value is -2.07.